The van der Waals surface area contributed by atoms with Crippen LogP contribution in [0.25, 0.3) is 22.3 Å². The number of carbonyl (C=O) groups is 1. The van der Waals surface area contributed by atoms with Crippen LogP contribution in [-0.2, 0) is 24.1 Å². The number of rotatable bonds is 3. The Balaban J connectivity index is 1.43. The lowest BCUT2D eigenvalue weighted by atomic mass is 9.94. The summed E-state index contributed by atoms with van der Waals surface area (Å²) in [6, 6.07) is 15.8. The predicted molar refractivity (Wildman–Crippen MR) is 102 cm³/mol. The molecule has 0 unspecified atom stereocenters. The zero-order valence-corrected chi connectivity index (χ0v) is 14.2. The van der Waals surface area contributed by atoms with E-state index in [0.717, 1.165) is 41.0 Å². The van der Waals surface area contributed by atoms with Crippen LogP contribution < -0.4 is 5.32 Å². The van der Waals surface area contributed by atoms with Gasteiger partial charge in [0, 0.05) is 16.6 Å². The maximum atomic E-state index is 12.3. The second-order valence-corrected chi connectivity index (χ2v) is 6.72. The van der Waals surface area contributed by atoms with E-state index in [0.29, 0.717) is 6.42 Å². The van der Waals surface area contributed by atoms with Gasteiger partial charge in [-0.2, -0.15) is 5.10 Å². The van der Waals surface area contributed by atoms with Crippen LogP contribution >= 0.6 is 0 Å². The minimum atomic E-state index is -0.0114. The largest absolute Gasteiger partial charge is 0.353 e. The van der Waals surface area contributed by atoms with Crippen molar-refractivity contribution >= 4 is 22.5 Å². The number of anilines is 1. The highest BCUT2D eigenvalue weighted by Gasteiger charge is 2.22. The molecule has 2 aromatic heterocycles. The van der Waals surface area contributed by atoms with Crippen molar-refractivity contribution in [1.82, 2.24) is 15.2 Å². The number of benzene rings is 2. The Hall–Kier alpha value is -3.34. The van der Waals surface area contributed by atoms with E-state index in [1.54, 1.807) is 0 Å². The normalized spacial score (nSPS) is 12.6. The molecule has 2 aromatic carbocycles. The molecule has 0 spiro atoms. The summed E-state index contributed by atoms with van der Waals surface area (Å²) in [7, 11) is 0. The third-order valence-electron chi connectivity index (χ3n) is 5.01. The van der Waals surface area contributed by atoms with Crippen molar-refractivity contribution < 1.29 is 4.79 Å². The highest BCUT2D eigenvalue weighted by Crippen LogP contribution is 2.36. The molecule has 0 bridgehead atoms. The molecule has 0 atom stereocenters. The summed E-state index contributed by atoms with van der Waals surface area (Å²) >= 11 is 0. The predicted octanol–water partition coefficient (Wildman–Crippen LogP) is 3.84. The van der Waals surface area contributed by atoms with Gasteiger partial charge >= 0.3 is 0 Å². The van der Waals surface area contributed by atoms with Gasteiger partial charge in [0.25, 0.3) is 0 Å². The van der Waals surface area contributed by atoms with Crippen LogP contribution in [0.1, 0.15) is 16.7 Å². The monoisotopic (exact) mass is 342 g/mol. The summed E-state index contributed by atoms with van der Waals surface area (Å²) in [6.07, 6.45) is 4.28. The van der Waals surface area contributed by atoms with Gasteiger partial charge in [0.1, 0.15) is 0 Å². The van der Waals surface area contributed by atoms with Gasteiger partial charge in [0.05, 0.1) is 24.0 Å². The SMILES string of the molecule is O=C(Cc1ccccc1)Nc1ccc2c3c([nH]c2c1)-c1[nH]ncc1CC3. The molecule has 5 rings (SSSR count). The molecule has 0 fully saturated rings. The summed E-state index contributed by atoms with van der Waals surface area (Å²) in [5, 5.41) is 11.5. The number of aryl methyl sites for hydroxylation is 2. The first-order chi connectivity index (χ1) is 12.8. The van der Waals surface area contributed by atoms with Crippen LogP contribution in [0.15, 0.2) is 54.7 Å². The molecular formula is C21H18N4O. The van der Waals surface area contributed by atoms with Gasteiger partial charge in [-0.3, -0.25) is 9.89 Å². The summed E-state index contributed by atoms with van der Waals surface area (Å²) in [6.45, 7) is 0. The van der Waals surface area contributed by atoms with Gasteiger partial charge in [0.15, 0.2) is 0 Å². The first-order valence-electron chi connectivity index (χ1n) is 8.79. The van der Waals surface area contributed by atoms with Crippen LogP contribution in [0.5, 0.6) is 0 Å². The van der Waals surface area contributed by atoms with E-state index in [4.69, 9.17) is 0 Å². The van der Waals surface area contributed by atoms with Crippen molar-refractivity contribution in [2.45, 2.75) is 19.3 Å². The Bertz CT molecular complexity index is 1110. The van der Waals surface area contributed by atoms with Gasteiger partial charge in [-0.05, 0) is 41.7 Å². The van der Waals surface area contributed by atoms with E-state index in [2.05, 4.69) is 26.6 Å². The Morgan fingerprint density at radius 1 is 1.08 bits per heavy atom. The molecule has 0 radical (unpaired) electrons. The average molecular weight is 342 g/mol. The van der Waals surface area contributed by atoms with E-state index in [-0.39, 0.29) is 5.91 Å². The van der Waals surface area contributed by atoms with Crippen LogP contribution in [0.2, 0.25) is 0 Å². The molecule has 5 heteroatoms. The smallest absolute Gasteiger partial charge is 0.228 e. The van der Waals surface area contributed by atoms with Gasteiger partial charge in [-0.1, -0.05) is 36.4 Å². The second kappa shape index (κ2) is 5.88. The Labute approximate surface area is 150 Å². The molecular weight excluding hydrogens is 324 g/mol. The Kier molecular flexibility index (Phi) is 3.38. The van der Waals surface area contributed by atoms with Crippen LogP contribution in [-0.4, -0.2) is 21.1 Å². The highest BCUT2D eigenvalue weighted by atomic mass is 16.1. The number of carbonyl (C=O) groups excluding carboxylic acids is 1. The van der Waals surface area contributed by atoms with Gasteiger partial charge in [0.2, 0.25) is 5.91 Å². The number of amides is 1. The Morgan fingerprint density at radius 3 is 2.85 bits per heavy atom. The van der Waals surface area contributed by atoms with Gasteiger partial charge in [-0.25, -0.2) is 0 Å². The fraction of sp³-hybridized carbons (Fsp3) is 0.143. The fourth-order valence-corrected chi connectivity index (χ4v) is 3.77. The number of nitrogens with one attached hydrogen (secondary N) is 3. The van der Waals surface area contributed by atoms with E-state index in [1.165, 1.54) is 16.5 Å². The van der Waals surface area contributed by atoms with Crippen molar-refractivity contribution in [3.8, 4) is 11.4 Å². The molecule has 1 aliphatic carbocycles. The van der Waals surface area contributed by atoms with E-state index >= 15 is 0 Å². The summed E-state index contributed by atoms with van der Waals surface area (Å²) < 4.78 is 0. The van der Waals surface area contributed by atoms with Crippen molar-refractivity contribution in [3.63, 3.8) is 0 Å². The maximum absolute atomic E-state index is 12.3. The third kappa shape index (κ3) is 2.49. The first-order valence-corrected chi connectivity index (χ1v) is 8.79. The molecule has 128 valence electrons. The molecule has 1 aliphatic rings. The molecule has 3 N–H and O–H groups in total. The number of hydrogen-bond donors (Lipinski definition) is 3. The standard InChI is InChI=1S/C21H18N4O/c26-19(10-13-4-2-1-3-5-13)23-15-7-9-16-17-8-6-14-12-22-25-20(14)21(17)24-18(16)11-15/h1-5,7,9,11-12,24H,6,8,10H2,(H,22,25)(H,23,26). The molecule has 26 heavy (non-hydrogen) atoms. The number of aromatic amines is 2. The average Bonchev–Trinajstić information content (AvgIpc) is 3.25. The van der Waals surface area contributed by atoms with Crippen LogP contribution in [0.4, 0.5) is 5.69 Å². The van der Waals surface area contributed by atoms with E-state index < -0.39 is 0 Å². The number of nitrogens with zero attached hydrogens (tertiary/aromatic N) is 1. The molecule has 0 saturated heterocycles. The van der Waals surface area contributed by atoms with Gasteiger partial charge in [-0.15, -0.1) is 0 Å². The lowest BCUT2D eigenvalue weighted by Gasteiger charge is -2.11. The lowest BCUT2D eigenvalue weighted by molar-refractivity contribution is -0.115. The maximum Gasteiger partial charge on any atom is 0.228 e. The van der Waals surface area contributed by atoms with Crippen molar-refractivity contribution in [3.05, 3.63) is 71.4 Å². The van der Waals surface area contributed by atoms with E-state index in [1.807, 2.05) is 48.7 Å². The minimum absolute atomic E-state index is 0.0114. The number of hydrogen-bond acceptors (Lipinski definition) is 2. The summed E-state index contributed by atoms with van der Waals surface area (Å²) in [4.78, 5) is 15.8. The number of aromatic nitrogens is 3. The second-order valence-electron chi connectivity index (χ2n) is 6.72. The number of H-pyrrole nitrogens is 2. The van der Waals surface area contributed by atoms with Crippen molar-refractivity contribution in [2.75, 3.05) is 5.32 Å². The zero-order valence-electron chi connectivity index (χ0n) is 14.2. The molecule has 4 aromatic rings. The molecule has 0 saturated carbocycles. The highest BCUT2D eigenvalue weighted by molar-refractivity contribution is 5.97. The van der Waals surface area contributed by atoms with Crippen LogP contribution in [0.3, 0.4) is 0 Å². The molecule has 1 amide bonds. The van der Waals surface area contributed by atoms with E-state index in [9.17, 15) is 4.79 Å². The summed E-state index contributed by atoms with van der Waals surface area (Å²) in [5.74, 6) is -0.0114. The van der Waals surface area contributed by atoms with Gasteiger partial charge < -0.3 is 10.3 Å². The minimum Gasteiger partial charge on any atom is -0.353 e. The third-order valence-corrected chi connectivity index (χ3v) is 5.01. The van der Waals surface area contributed by atoms with Crippen molar-refractivity contribution in [1.29, 1.82) is 0 Å². The topological polar surface area (TPSA) is 73.6 Å². The summed E-state index contributed by atoms with van der Waals surface area (Å²) in [5.41, 5.74) is 7.62. The molecule has 5 nitrogen and oxygen atoms in total. The molecule has 0 aliphatic heterocycles. The quantitative estimate of drug-likeness (QED) is 0.529. The Morgan fingerprint density at radius 2 is 1.96 bits per heavy atom. The first kappa shape index (κ1) is 15.0. The zero-order chi connectivity index (χ0) is 17.5. The molecule has 2 heterocycles. The lowest BCUT2D eigenvalue weighted by Crippen LogP contribution is -2.14. The van der Waals surface area contributed by atoms with Crippen LogP contribution in [0, 0.1) is 0 Å². The van der Waals surface area contributed by atoms with Crippen molar-refractivity contribution in [2.24, 2.45) is 0 Å². The fourth-order valence-electron chi connectivity index (χ4n) is 3.77. The number of fused-ring (bicyclic) bond motifs is 5.